The summed E-state index contributed by atoms with van der Waals surface area (Å²) in [7, 11) is 0. The average Bonchev–Trinajstić information content (AvgIpc) is 2.85. The standard InChI is InChI=1S/C11H14N4S/c1-2-10(11-13-5-6-16-11)14-7-9-3-4-12-8-15-9/h3-6,8,10,14H,2,7H2,1H3. The maximum Gasteiger partial charge on any atom is 0.115 e. The topological polar surface area (TPSA) is 50.7 Å². The van der Waals surface area contributed by atoms with Crippen LogP contribution >= 0.6 is 11.3 Å². The summed E-state index contributed by atoms with van der Waals surface area (Å²) in [6, 6.07) is 2.23. The Labute approximate surface area is 98.8 Å². The van der Waals surface area contributed by atoms with Crippen LogP contribution in [0.4, 0.5) is 0 Å². The number of hydrogen-bond acceptors (Lipinski definition) is 5. The molecule has 2 aromatic rings. The first-order valence-electron chi connectivity index (χ1n) is 5.27. The van der Waals surface area contributed by atoms with Gasteiger partial charge in [-0.05, 0) is 12.5 Å². The first-order valence-corrected chi connectivity index (χ1v) is 6.15. The number of aromatic nitrogens is 3. The third-order valence-electron chi connectivity index (χ3n) is 2.33. The predicted octanol–water partition coefficient (Wildman–Crippen LogP) is 2.17. The molecule has 84 valence electrons. The molecule has 1 N–H and O–H groups in total. The molecule has 1 unspecified atom stereocenters. The van der Waals surface area contributed by atoms with Gasteiger partial charge in [-0.3, -0.25) is 0 Å². The number of nitrogens with one attached hydrogen (secondary N) is 1. The molecule has 5 heteroatoms. The van der Waals surface area contributed by atoms with E-state index in [9.17, 15) is 0 Å². The predicted molar refractivity (Wildman–Crippen MR) is 64.0 cm³/mol. The van der Waals surface area contributed by atoms with Gasteiger partial charge in [-0.1, -0.05) is 6.92 Å². The van der Waals surface area contributed by atoms with E-state index < -0.39 is 0 Å². The van der Waals surface area contributed by atoms with E-state index in [-0.39, 0.29) is 0 Å². The molecule has 1 atom stereocenters. The highest BCUT2D eigenvalue weighted by Crippen LogP contribution is 2.18. The molecule has 0 radical (unpaired) electrons. The van der Waals surface area contributed by atoms with Crippen molar-refractivity contribution in [3.63, 3.8) is 0 Å². The van der Waals surface area contributed by atoms with Gasteiger partial charge in [-0.2, -0.15) is 0 Å². The molecule has 0 amide bonds. The van der Waals surface area contributed by atoms with Gasteiger partial charge in [0.15, 0.2) is 0 Å². The van der Waals surface area contributed by atoms with Crippen LogP contribution in [-0.2, 0) is 6.54 Å². The fourth-order valence-corrected chi connectivity index (χ4v) is 2.26. The van der Waals surface area contributed by atoms with Crippen LogP contribution in [0.3, 0.4) is 0 Å². The van der Waals surface area contributed by atoms with Crippen LogP contribution < -0.4 is 5.32 Å². The van der Waals surface area contributed by atoms with Crippen molar-refractivity contribution in [1.82, 2.24) is 20.3 Å². The summed E-state index contributed by atoms with van der Waals surface area (Å²) in [5.41, 5.74) is 1.00. The summed E-state index contributed by atoms with van der Waals surface area (Å²) in [5.74, 6) is 0. The minimum Gasteiger partial charge on any atom is -0.302 e. The van der Waals surface area contributed by atoms with Crippen LogP contribution in [0.1, 0.15) is 30.1 Å². The Morgan fingerprint density at radius 1 is 1.38 bits per heavy atom. The highest BCUT2D eigenvalue weighted by atomic mass is 32.1. The molecule has 2 rings (SSSR count). The van der Waals surface area contributed by atoms with Crippen molar-refractivity contribution >= 4 is 11.3 Å². The number of nitrogens with zero attached hydrogens (tertiary/aromatic N) is 3. The summed E-state index contributed by atoms with van der Waals surface area (Å²) >= 11 is 1.68. The van der Waals surface area contributed by atoms with Gasteiger partial charge in [0.25, 0.3) is 0 Å². The fourth-order valence-electron chi connectivity index (χ4n) is 1.46. The molecule has 0 aromatic carbocycles. The van der Waals surface area contributed by atoms with E-state index >= 15 is 0 Å². The van der Waals surface area contributed by atoms with Crippen molar-refractivity contribution in [2.24, 2.45) is 0 Å². The molecule has 0 aliphatic carbocycles. The monoisotopic (exact) mass is 234 g/mol. The Hall–Kier alpha value is -1.33. The lowest BCUT2D eigenvalue weighted by atomic mass is 10.2. The molecule has 0 saturated heterocycles. The highest BCUT2D eigenvalue weighted by Gasteiger charge is 2.10. The third kappa shape index (κ3) is 2.84. The van der Waals surface area contributed by atoms with Gasteiger partial charge >= 0.3 is 0 Å². The maximum atomic E-state index is 4.32. The Morgan fingerprint density at radius 3 is 2.94 bits per heavy atom. The van der Waals surface area contributed by atoms with Gasteiger partial charge in [-0.25, -0.2) is 15.0 Å². The van der Waals surface area contributed by atoms with E-state index in [1.807, 2.05) is 17.6 Å². The second-order valence-electron chi connectivity index (χ2n) is 3.41. The second-order valence-corrected chi connectivity index (χ2v) is 4.34. The molecular formula is C11H14N4S. The molecule has 0 saturated carbocycles. The molecular weight excluding hydrogens is 220 g/mol. The molecule has 0 aliphatic rings. The highest BCUT2D eigenvalue weighted by molar-refractivity contribution is 7.09. The Morgan fingerprint density at radius 2 is 2.31 bits per heavy atom. The van der Waals surface area contributed by atoms with E-state index in [2.05, 4.69) is 27.2 Å². The molecule has 2 heterocycles. The van der Waals surface area contributed by atoms with E-state index in [1.165, 1.54) is 0 Å². The maximum absolute atomic E-state index is 4.32. The van der Waals surface area contributed by atoms with Crippen LogP contribution in [0.25, 0.3) is 0 Å². The molecule has 0 spiro atoms. The fraction of sp³-hybridized carbons (Fsp3) is 0.364. The van der Waals surface area contributed by atoms with E-state index in [1.54, 1.807) is 23.9 Å². The summed E-state index contributed by atoms with van der Waals surface area (Å²) < 4.78 is 0. The minimum absolute atomic E-state index is 0.315. The zero-order valence-electron chi connectivity index (χ0n) is 9.13. The smallest absolute Gasteiger partial charge is 0.115 e. The van der Waals surface area contributed by atoms with Gasteiger partial charge in [0.05, 0.1) is 11.7 Å². The van der Waals surface area contributed by atoms with Gasteiger partial charge in [0.2, 0.25) is 0 Å². The third-order valence-corrected chi connectivity index (χ3v) is 3.22. The van der Waals surface area contributed by atoms with Crippen LogP contribution in [0, 0.1) is 0 Å². The molecule has 16 heavy (non-hydrogen) atoms. The quantitative estimate of drug-likeness (QED) is 0.861. The number of hydrogen-bond donors (Lipinski definition) is 1. The van der Waals surface area contributed by atoms with E-state index in [0.717, 1.165) is 23.7 Å². The minimum atomic E-state index is 0.315. The summed E-state index contributed by atoms with van der Waals surface area (Å²) in [5, 5.41) is 6.59. The molecule has 2 aromatic heterocycles. The first kappa shape index (κ1) is 11.2. The van der Waals surface area contributed by atoms with Crippen LogP contribution in [0.2, 0.25) is 0 Å². The largest absolute Gasteiger partial charge is 0.302 e. The molecule has 4 nitrogen and oxygen atoms in total. The van der Waals surface area contributed by atoms with Gasteiger partial charge < -0.3 is 5.32 Å². The van der Waals surface area contributed by atoms with E-state index in [4.69, 9.17) is 0 Å². The lowest BCUT2D eigenvalue weighted by Gasteiger charge is -2.13. The molecule has 0 fully saturated rings. The van der Waals surface area contributed by atoms with Crippen molar-refractivity contribution in [2.45, 2.75) is 25.9 Å². The zero-order valence-corrected chi connectivity index (χ0v) is 9.94. The molecule has 0 aliphatic heterocycles. The Balaban J connectivity index is 1.94. The van der Waals surface area contributed by atoms with Crippen LogP contribution in [0.5, 0.6) is 0 Å². The lowest BCUT2D eigenvalue weighted by molar-refractivity contribution is 0.511. The van der Waals surface area contributed by atoms with Crippen LogP contribution in [0.15, 0.2) is 30.2 Å². The summed E-state index contributed by atoms with van der Waals surface area (Å²) in [6.07, 6.45) is 6.20. The van der Waals surface area contributed by atoms with Crippen molar-refractivity contribution in [1.29, 1.82) is 0 Å². The number of thiazole rings is 1. The Bertz CT molecular complexity index is 401. The van der Waals surface area contributed by atoms with Crippen molar-refractivity contribution in [3.8, 4) is 0 Å². The van der Waals surface area contributed by atoms with E-state index in [0.29, 0.717) is 6.04 Å². The van der Waals surface area contributed by atoms with Crippen LogP contribution in [-0.4, -0.2) is 15.0 Å². The van der Waals surface area contributed by atoms with Crippen molar-refractivity contribution < 1.29 is 0 Å². The van der Waals surface area contributed by atoms with Crippen molar-refractivity contribution in [2.75, 3.05) is 0 Å². The lowest BCUT2D eigenvalue weighted by Crippen LogP contribution is -2.20. The van der Waals surface area contributed by atoms with Gasteiger partial charge in [0, 0.05) is 24.3 Å². The van der Waals surface area contributed by atoms with Crippen molar-refractivity contribution in [3.05, 3.63) is 40.9 Å². The second kappa shape index (κ2) is 5.67. The normalized spacial score (nSPS) is 12.6. The summed E-state index contributed by atoms with van der Waals surface area (Å²) in [4.78, 5) is 12.4. The van der Waals surface area contributed by atoms with Gasteiger partial charge in [0.1, 0.15) is 11.3 Å². The Kier molecular flexibility index (Phi) is 3.96. The first-order chi connectivity index (χ1) is 7.90. The summed E-state index contributed by atoms with van der Waals surface area (Å²) in [6.45, 7) is 2.90. The van der Waals surface area contributed by atoms with Gasteiger partial charge in [-0.15, -0.1) is 11.3 Å². The zero-order chi connectivity index (χ0) is 11.2. The number of rotatable bonds is 5. The average molecular weight is 234 g/mol. The molecule has 0 bridgehead atoms. The SMILES string of the molecule is CCC(NCc1ccncn1)c1nccs1.